The van der Waals surface area contributed by atoms with Crippen molar-refractivity contribution < 1.29 is 9.53 Å². The van der Waals surface area contributed by atoms with Crippen molar-refractivity contribution in [1.29, 1.82) is 0 Å². The molecule has 1 fully saturated rings. The number of nitrogens with one attached hydrogen (secondary N) is 2. The summed E-state index contributed by atoms with van der Waals surface area (Å²) in [6, 6.07) is 2.04. The van der Waals surface area contributed by atoms with Crippen molar-refractivity contribution in [2.24, 2.45) is 0 Å². The summed E-state index contributed by atoms with van der Waals surface area (Å²) < 4.78 is 5.21. The van der Waals surface area contributed by atoms with Gasteiger partial charge < -0.3 is 15.0 Å². The van der Waals surface area contributed by atoms with E-state index >= 15 is 0 Å². The Hall–Kier alpha value is -1.56. The fraction of sp³-hybridized carbons (Fsp3) is 0.636. The summed E-state index contributed by atoms with van der Waals surface area (Å²) in [5.41, 5.74) is 0.523. The Bertz CT molecular complexity index is 383. The highest BCUT2D eigenvalue weighted by atomic mass is 16.5. The lowest BCUT2D eigenvalue weighted by molar-refractivity contribution is 0.0299. The van der Waals surface area contributed by atoms with Gasteiger partial charge in [0.15, 0.2) is 0 Å². The smallest absolute Gasteiger partial charge is 0.272 e. The molecule has 1 aliphatic rings. The molecule has 0 atom stereocenters. The van der Waals surface area contributed by atoms with Crippen molar-refractivity contribution in [3.8, 4) is 0 Å². The number of hydrogen-bond acceptors (Lipinski definition) is 4. The first-order valence-corrected chi connectivity index (χ1v) is 5.86. The van der Waals surface area contributed by atoms with E-state index in [0.29, 0.717) is 43.9 Å². The molecule has 2 rings (SSSR count). The van der Waals surface area contributed by atoms with Gasteiger partial charge in [-0.05, 0) is 13.8 Å². The van der Waals surface area contributed by atoms with Gasteiger partial charge in [-0.3, -0.25) is 9.89 Å². The molecule has 0 bridgehead atoms. The Morgan fingerprint density at radius 3 is 2.88 bits per heavy atom. The zero-order valence-electron chi connectivity index (χ0n) is 10.2. The number of H-pyrrole nitrogens is 1. The Morgan fingerprint density at radius 2 is 2.24 bits per heavy atom. The van der Waals surface area contributed by atoms with Crippen LogP contribution in [0.1, 0.15) is 24.3 Å². The van der Waals surface area contributed by atoms with Gasteiger partial charge in [-0.1, -0.05) is 0 Å². The number of nitrogens with zero attached hydrogens (tertiary/aromatic N) is 2. The predicted octanol–water partition coefficient (Wildman–Crippen LogP) is 0.702. The van der Waals surface area contributed by atoms with Crippen molar-refractivity contribution in [1.82, 2.24) is 15.1 Å². The number of rotatable bonds is 3. The zero-order valence-corrected chi connectivity index (χ0v) is 10.2. The summed E-state index contributed by atoms with van der Waals surface area (Å²) >= 11 is 0. The quantitative estimate of drug-likeness (QED) is 0.813. The van der Waals surface area contributed by atoms with Gasteiger partial charge in [-0.15, -0.1) is 0 Å². The van der Waals surface area contributed by atoms with Crippen molar-refractivity contribution in [3.05, 3.63) is 11.8 Å². The summed E-state index contributed by atoms with van der Waals surface area (Å²) in [5.74, 6) is 0.689. The number of aromatic nitrogens is 2. The molecule has 2 heterocycles. The molecular weight excluding hydrogens is 220 g/mol. The van der Waals surface area contributed by atoms with Gasteiger partial charge in [0.1, 0.15) is 11.5 Å². The first-order chi connectivity index (χ1) is 8.16. The molecule has 0 spiro atoms. The normalized spacial score (nSPS) is 16.3. The van der Waals surface area contributed by atoms with Crippen LogP contribution in [0.5, 0.6) is 0 Å². The van der Waals surface area contributed by atoms with E-state index < -0.39 is 0 Å². The molecule has 0 aliphatic carbocycles. The SMILES string of the molecule is CC(C)Nc1cc(C(=O)N2CCOCC2)[nH]n1. The molecule has 1 amide bonds. The lowest BCUT2D eigenvalue weighted by atomic mass is 10.3. The van der Waals surface area contributed by atoms with Crippen molar-refractivity contribution >= 4 is 11.7 Å². The van der Waals surface area contributed by atoms with Gasteiger partial charge in [-0.2, -0.15) is 5.10 Å². The zero-order chi connectivity index (χ0) is 12.3. The summed E-state index contributed by atoms with van der Waals surface area (Å²) in [4.78, 5) is 13.8. The maximum atomic E-state index is 12.1. The van der Waals surface area contributed by atoms with Gasteiger partial charge in [0, 0.05) is 25.2 Å². The Morgan fingerprint density at radius 1 is 1.53 bits per heavy atom. The largest absolute Gasteiger partial charge is 0.378 e. The second kappa shape index (κ2) is 5.18. The van der Waals surface area contributed by atoms with Crippen molar-refractivity contribution in [3.63, 3.8) is 0 Å². The van der Waals surface area contributed by atoms with E-state index in [4.69, 9.17) is 4.74 Å². The van der Waals surface area contributed by atoms with Crippen LogP contribution < -0.4 is 5.32 Å². The number of morpholine rings is 1. The third-order valence-electron chi connectivity index (χ3n) is 2.54. The molecule has 6 nitrogen and oxygen atoms in total. The molecule has 0 saturated carbocycles. The first-order valence-electron chi connectivity index (χ1n) is 5.86. The molecule has 1 aromatic heterocycles. The van der Waals surface area contributed by atoms with Gasteiger partial charge in [0.2, 0.25) is 0 Å². The Kier molecular flexibility index (Phi) is 3.63. The highest BCUT2D eigenvalue weighted by Gasteiger charge is 2.20. The van der Waals surface area contributed by atoms with Gasteiger partial charge in [0.05, 0.1) is 13.2 Å². The number of carbonyl (C=O) groups excluding carboxylic acids is 1. The standard InChI is InChI=1S/C11H18N4O2/c1-8(2)12-10-7-9(13-14-10)11(16)15-3-5-17-6-4-15/h7-8H,3-6H2,1-2H3,(H2,12,13,14). The van der Waals surface area contributed by atoms with Crippen LogP contribution >= 0.6 is 0 Å². The minimum atomic E-state index is -0.0161. The number of aromatic amines is 1. The van der Waals surface area contributed by atoms with E-state index in [1.54, 1.807) is 11.0 Å². The van der Waals surface area contributed by atoms with Crippen LogP contribution in [-0.2, 0) is 4.74 Å². The second-order valence-electron chi connectivity index (χ2n) is 4.37. The Balaban J connectivity index is 2.01. The molecule has 1 aromatic rings. The van der Waals surface area contributed by atoms with Crippen molar-refractivity contribution in [2.75, 3.05) is 31.6 Å². The van der Waals surface area contributed by atoms with E-state index in [2.05, 4.69) is 15.5 Å². The van der Waals surface area contributed by atoms with Crippen LogP contribution in [0.15, 0.2) is 6.07 Å². The number of ether oxygens (including phenoxy) is 1. The van der Waals surface area contributed by atoms with Gasteiger partial charge in [-0.25, -0.2) is 0 Å². The molecule has 0 aromatic carbocycles. The molecule has 2 N–H and O–H groups in total. The van der Waals surface area contributed by atoms with Crippen LogP contribution in [0.4, 0.5) is 5.82 Å². The third kappa shape index (κ3) is 2.97. The molecular formula is C11H18N4O2. The monoisotopic (exact) mass is 238 g/mol. The molecule has 0 radical (unpaired) electrons. The fourth-order valence-corrected chi connectivity index (χ4v) is 1.74. The number of amides is 1. The van der Waals surface area contributed by atoms with Crippen LogP contribution in [0, 0.1) is 0 Å². The molecule has 94 valence electrons. The van der Waals surface area contributed by atoms with E-state index in [1.165, 1.54) is 0 Å². The van der Waals surface area contributed by atoms with Crippen molar-refractivity contribution in [2.45, 2.75) is 19.9 Å². The highest BCUT2D eigenvalue weighted by molar-refractivity contribution is 5.93. The van der Waals surface area contributed by atoms with Crippen LogP contribution in [-0.4, -0.2) is 53.3 Å². The number of anilines is 1. The predicted molar refractivity (Wildman–Crippen MR) is 64.1 cm³/mol. The summed E-state index contributed by atoms with van der Waals surface area (Å²) in [7, 11) is 0. The number of carbonyl (C=O) groups is 1. The third-order valence-corrected chi connectivity index (χ3v) is 2.54. The highest BCUT2D eigenvalue weighted by Crippen LogP contribution is 2.10. The van der Waals surface area contributed by atoms with E-state index in [-0.39, 0.29) is 5.91 Å². The lowest BCUT2D eigenvalue weighted by Gasteiger charge is -2.26. The van der Waals surface area contributed by atoms with Crippen LogP contribution in [0.3, 0.4) is 0 Å². The van der Waals surface area contributed by atoms with E-state index in [1.807, 2.05) is 13.8 Å². The minimum absolute atomic E-state index is 0.0161. The van der Waals surface area contributed by atoms with Crippen LogP contribution in [0.2, 0.25) is 0 Å². The molecule has 1 saturated heterocycles. The maximum Gasteiger partial charge on any atom is 0.272 e. The van der Waals surface area contributed by atoms with Gasteiger partial charge >= 0.3 is 0 Å². The summed E-state index contributed by atoms with van der Waals surface area (Å²) in [6.07, 6.45) is 0. The van der Waals surface area contributed by atoms with Crippen LogP contribution in [0.25, 0.3) is 0 Å². The fourth-order valence-electron chi connectivity index (χ4n) is 1.74. The van der Waals surface area contributed by atoms with E-state index in [9.17, 15) is 4.79 Å². The first kappa shape index (κ1) is 11.9. The maximum absolute atomic E-state index is 12.1. The van der Waals surface area contributed by atoms with Gasteiger partial charge in [0.25, 0.3) is 5.91 Å². The van der Waals surface area contributed by atoms with E-state index in [0.717, 1.165) is 0 Å². The average molecular weight is 238 g/mol. The molecule has 0 unspecified atom stereocenters. The molecule has 1 aliphatic heterocycles. The summed E-state index contributed by atoms with van der Waals surface area (Å²) in [6.45, 7) is 6.56. The second-order valence-corrected chi connectivity index (χ2v) is 4.37. The molecule has 17 heavy (non-hydrogen) atoms. The average Bonchev–Trinajstić information content (AvgIpc) is 2.77. The topological polar surface area (TPSA) is 70.2 Å². The Labute approximate surface area is 100 Å². The number of hydrogen-bond donors (Lipinski definition) is 2. The summed E-state index contributed by atoms with van der Waals surface area (Å²) in [5, 5.41) is 9.97. The minimum Gasteiger partial charge on any atom is -0.378 e. The molecule has 6 heteroatoms. The lowest BCUT2D eigenvalue weighted by Crippen LogP contribution is -2.40.